The Labute approximate surface area is 128 Å². The van der Waals surface area contributed by atoms with Gasteiger partial charge in [-0.05, 0) is 31.4 Å². The first-order chi connectivity index (χ1) is 10.6. The van der Waals surface area contributed by atoms with Gasteiger partial charge in [-0.3, -0.25) is 0 Å². The molecule has 0 amide bonds. The Hall–Kier alpha value is -2.24. The standard InChI is InChI=1S/C16H18F2N4/c1-11-6-16(21-10-20-11)19-8-12-4-5-22(9-12)13-2-3-14(17)15(18)7-13/h2-3,6-7,10,12H,4-5,8-9H2,1H3,(H,19,20,21). The average Bonchev–Trinajstić information content (AvgIpc) is 2.97. The molecule has 0 saturated carbocycles. The van der Waals surface area contributed by atoms with Crippen LogP contribution in [-0.4, -0.2) is 29.6 Å². The van der Waals surface area contributed by atoms with Crippen molar-refractivity contribution in [3.8, 4) is 0 Å². The summed E-state index contributed by atoms with van der Waals surface area (Å²) in [6.07, 6.45) is 2.55. The van der Waals surface area contributed by atoms with E-state index in [-0.39, 0.29) is 0 Å². The van der Waals surface area contributed by atoms with Crippen LogP contribution in [0.5, 0.6) is 0 Å². The number of nitrogens with zero attached hydrogens (tertiary/aromatic N) is 3. The van der Waals surface area contributed by atoms with Gasteiger partial charge in [0.25, 0.3) is 0 Å². The van der Waals surface area contributed by atoms with Crippen LogP contribution in [0.1, 0.15) is 12.1 Å². The van der Waals surface area contributed by atoms with E-state index in [1.165, 1.54) is 12.1 Å². The molecule has 2 heterocycles. The van der Waals surface area contributed by atoms with Gasteiger partial charge in [0.05, 0.1) is 0 Å². The summed E-state index contributed by atoms with van der Waals surface area (Å²) in [4.78, 5) is 10.3. The quantitative estimate of drug-likeness (QED) is 0.943. The summed E-state index contributed by atoms with van der Waals surface area (Å²) in [6, 6.07) is 5.98. The zero-order valence-corrected chi connectivity index (χ0v) is 12.4. The van der Waals surface area contributed by atoms with E-state index in [9.17, 15) is 8.78 Å². The van der Waals surface area contributed by atoms with Crippen LogP contribution in [0.15, 0.2) is 30.6 Å². The maximum absolute atomic E-state index is 13.3. The van der Waals surface area contributed by atoms with E-state index in [0.717, 1.165) is 43.3 Å². The zero-order valence-electron chi connectivity index (χ0n) is 12.4. The molecule has 1 aliphatic rings. The number of anilines is 2. The molecule has 116 valence electrons. The highest BCUT2D eigenvalue weighted by molar-refractivity contribution is 5.48. The lowest BCUT2D eigenvalue weighted by atomic mass is 10.1. The van der Waals surface area contributed by atoms with Gasteiger partial charge in [-0.1, -0.05) is 0 Å². The molecule has 1 saturated heterocycles. The number of halogens is 2. The predicted molar refractivity (Wildman–Crippen MR) is 81.9 cm³/mol. The highest BCUT2D eigenvalue weighted by Gasteiger charge is 2.23. The van der Waals surface area contributed by atoms with Crippen LogP contribution in [0.4, 0.5) is 20.3 Å². The summed E-state index contributed by atoms with van der Waals surface area (Å²) < 4.78 is 26.3. The molecule has 0 spiro atoms. The molecule has 1 atom stereocenters. The SMILES string of the molecule is Cc1cc(NCC2CCN(c3ccc(F)c(F)c3)C2)ncn1. The summed E-state index contributed by atoms with van der Waals surface area (Å²) in [6.45, 7) is 4.40. The topological polar surface area (TPSA) is 41.0 Å². The molecular formula is C16H18F2N4. The zero-order chi connectivity index (χ0) is 15.5. The minimum atomic E-state index is -0.805. The molecule has 2 aromatic rings. The molecule has 0 radical (unpaired) electrons. The largest absolute Gasteiger partial charge is 0.371 e. The normalized spacial score (nSPS) is 17.8. The second-order valence-corrected chi connectivity index (χ2v) is 5.62. The summed E-state index contributed by atoms with van der Waals surface area (Å²) in [5.74, 6) is -0.335. The van der Waals surface area contributed by atoms with Crippen LogP contribution in [0.25, 0.3) is 0 Å². The van der Waals surface area contributed by atoms with Gasteiger partial charge in [0.1, 0.15) is 12.1 Å². The molecule has 1 aliphatic heterocycles. The third kappa shape index (κ3) is 3.32. The van der Waals surface area contributed by atoms with E-state index in [2.05, 4.69) is 20.2 Å². The second-order valence-electron chi connectivity index (χ2n) is 5.62. The highest BCUT2D eigenvalue weighted by atomic mass is 19.2. The highest BCUT2D eigenvalue weighted by Crippen LogP contribution is 2.25. The summed E-state index contributed by atoms with van der Waals surface area (Å²) in [7, 11) is 0. The molecule has 22 heavy (non-hydrogen) atoms. The first-order valence-electron chi connectivity index (χ1n) is 7.34. The van der Waals surface area contributed by atoms with Crippen molar-refractivity contribution in [1.29, 1.82) is 0 Å². The molecule has 4 nitrogen and oxygen atoms in total. The van der Waals surface area contributed by atoms with Gasteiger partial charge in [0, 0.05) is 43.1 Å². The Kier molecular flexibility index (Phi) is 4.18. The van der Waals surface area contributed by atoms with E-state index in [1.807, 2.05) is 13.0 Å². The molecule has 1 fully saturated rings. The van der Waals surface area contributed by atoms with Gasteiger partial charge in [0.2, 0.25) is 0 Å². The lowest BCUT2D eigenvalue weighted by Gasteiger charge is -2.19. The van der Waals surface area contributed by atoms with Crippen LogP contribution in [0, 0.1) is 24.5 Å². The fourth-order valence-corrected chi connectivity index (χ4v) is 2.72. The number of benzene rings is 1. The van der Waals surface area contributed by atoms with Crippen molar-refractivity contribution in [1.82, 2.24) is 9.97 Å². The predicted octanol–water partition coefficient (Wildman–Crippen LogP) is 3.00. The van der Waals surface area contributed by atoms with Crippen molar-refractivity contribution in [2.75, 3.05) is 29.9 Å². The van der Waals surface area contributed by atoms with Crippen LogP contribution in [0.2, 0.25) is 0 Å². The monoisotopic (exact) mass is 304 g/mol. The first kappa shape index (κ1) is 14.7. The van der Waals surface area contributed by atoms with Gasteiger partial charge in [-0.25, -0.2) is 18.7 Å². The number of rotatable bonds is 4. The molecule has 6 heteroatoms. The van der Waals surface area contributed by atoms with E-state index in [0.29, 0.717) is 5.92 Å². The van der Waals surface area contributed by atoms with Crippen molar-refractivity contribution in [2.45, 2.75) is 13.3 Å². The van der Waals surface area contributed by atoms with Crippen molar-refractivity contribution in [2.24, 2.45) is 5.92 Å². The Bertz CT molecular complexity index is 662. The number of aryl methyl sites for hydroxylation is 1. The summed E-state index contributed by atoms with van der Waals surface area (Å²) >= 11 is 0. The van der Waals surface area contributed by atoms with Gasteiger partial charge in [-0.2, -0.15) is 0 Å². The fourth-order valence-electron chi connectivity index (χ4n) is 2.72. The maximum atomic E-state index is 13.3. The van der Waals surface area contributed by atoms with Gasteiger partial charge >= 0.3 is 0 Å². The maximum Gasteiger partial charge on any atom is 0.160 e. The second kappa shape index (κ2) is 6.25. The van der Waals surface area contributed by atoms with Gasteiger partial charge < -0.3 is 10.2 Å². The molecule has 1 N–H and O–H groups in total. The third-order valence-electron chi connectivity index (χ3n) is 3.93. The summed E-state index contributed by atoms with van der Waals surface area (Å²) in [5, 5.41) is 3.31. The van der Waals surface area contributed by atoms with Crippen molar-refractivity contribution < 1.29 is 8.78 Å². The average molecular weight is 304 g/mol. The number of hydrogen-bond acceptors (Lipinski definition) is 4. The lowest BCUT2D eigenvalue weighted by Crippen LogP contribution is -2.22. The van der Waals surface area contributed by atoms with E-state index < -0.39 is 11.6 Å². The Balaban J connectivity index is 1.57. The molecule has 1 aromatic carbocycles. The number of aromatic nitrogens is 2. The van der Waals surface area contributed by atoms with Crippen LogP contribution >= 0.6 is 0 Å². The van der Waals surface area contributed by atoms with Gasteiger partial charge in [-0.15, -0.1) is 0 Å². The summed E-state index contributed by atoms with van der Waals surface area (Å²) in [5.41, 5.74) is 1.66. The van der Waals surface area contributed by atoms with E-state index >= 15 is 0 Å². The third-order valence-corrected chi connectivity index (χ3v) is 3.93. The molecular weight excluding hydrogens is 286 g/mol. The van der Waals surface area contributed by atoms with Crippen molar-refractivity contribution >= 4 is 11.5 Å². The van der Waals surface area contributed by atoms with Crippen molar-refractivity contribution in [3.63, 3.8) is 0 Å². The van der Waals surface area contributed by atoms with Crippen LogP contribution < -0.4 is 10.2 Å². The molecule has 0 aliphatic carbocycles. The van der Waals surface area contributed by atoms with E-state index in [4.69, 9.17) is 0 Å². The van der Waals surface area contributed by atoms with Crippen molar-refractivity contribution in [3.05, 3.63) is 47.9 Å². The minimum absolute atomic E-state index is 0.448. The number of nitrogens with one attached hydrogen (secondary N) is 1. The molecule has 0 bridgehead atoms. The Morgan fingerprint density at radius 2 is 2.09 bits per heavy atom. The fraction of sp³-hybridized carbons (Fsp3) is 0.375. The molecule has 3 rings (SSSR count). The molecule has 1 aromatic heterocycles. The first-order valence-corrected chi connectivity index (χ1v) is 7.34. The Morgan fingerprint density at radius 3 is 2.86 bits per heavy atom. The van der Waals surface area contributed by atoms with Gasteiger partial charge in [0.15, 0.2) is 11.6 Å². The Morgan fingerprint density at radius 1 is 1.23 bits per heavy atom. The lowest BCUT2D eigenvalue weighted by molar-refractivity contribution is 0.508. The number of hydrogen-bond donors (Lipinski definition) is 1. The van der Waals surface area contributed by atoms with E-state index in [1.54, 1.807) is 12.4 Å². The van der Waals surface area contributed by atoms with Crippen LogP contribution in [-0.2, 0) is 0 Å². The molecule has 1 unspecified atom stereocenters. The van der Waals surface area contributed by atoms with Crippen LogP contribution in [0.3, 0.4) is 0 Å². The minimum Gasteiger partial charge on any atom is -0.371 e. The smallest absolute Gasteiger partial charge is 0.160 e.